The molecule has 8 nitrogen and oxygen atoms in total. The number of anilines is 1. The maximum Gasteiger partial charge on any atom is 0.408 e. The second-order valence-corrected chi connectivity index (χ2v) is 9.82. The van der Waals surface area contributed by atoms with E-state index in [1.165, 1.54) is 4.90 Å². The number of aryl methyl sites for hydroxylation is 1. The van der Waals surface area contributed by atoms with E-state index in [1.54, 1.807) is 39.8 Å². The van der Waals surface area contributed by atoms with E-state index in [2.05, 4.69) is 10.6 Å². The van der Waals surface area contributed by atoms with E-state index in [4.69, 9.17) is 4.74 Å². The first-order valence-corrected chi connectivity index (χ1v) is 12.3. The number of carbonyl (C=O) groups excluding carboxylic acids is 3. The van der Waals surface area contributed by atoms with Crippen LogP contribution in [0.1, 0.15) is 44.9 Å². The number of alkyl carbamates (subject to hydrolysis) is 1. The molecule has 2 atom stereocenters. The van der Waals surface area contributed by atoms with E-state index in [9.17, 15) is 19.5 Å². The second kappa shape index (κ2) is 11.9. The number of nitrogens with one attached hydrogen (secondary N) is 2. The molecule has 2 unspecified atom stereocenters. The largest absolute Gasteiger partial charge is 0.444 e. The molecule has 0 saturated heterocycles. The van der Waals surface area contributed by atoms with Gasteiger partial charge >= 0.3 is 6.09 Å². The fourth-order valence-corrected chi connectivity index (χ4v) is 4.12. The number of aliphatic hydroxyl groups excluding tert-OH is 1. The fourth-order valence-electron chi connectivity index (χ4n) is 4.12. The summed E-state index contributed by atoms with van der Waals surface area (Å²) in [6, 6.07) is 18.5. The Labute approximate surface area is 217 Å². The second-order valence-electron chi connectivity index (χ2n) is 9.82. The predicted octanol–water partition coefficient (Wildman–Crippen LogP) is 4.56. The number of benzene rings is 3. The van der Waals surface area contributed by atoms with Gasteiger partial charge in [-0.1, -0.05) is 54.6 Å². The third kappa shape index (κ3) is 7.07. The number of rotatable bonds is 8. The van der Waals surface area contributed by atoms with Crippen molar-refractivity contribution in [2.45, 2.75) is 52.3 Å². The van der Waals surface area contributed by atoms with Crippen LogP contribution in [0.4, 0.5) is 10.5 Å². The minimum atomic E-state index is -1.28. The summed E-state index contributed by atoms with van der Waals surface area (Å²) in [5.74, 6) is -1.01. The van der Waals surface area contributed by atoms with Crippen LogP contribution in [0.5, 0.6) is 0 Å². The summed E-state index contributed by atoms with van der Waals surface area (Å²) in [5.41, 5.74) is 1.29. The number of carbonyl (C=O) groups is 3. The average molecular weight is 506 g/mol. The number of fused-ring (bicyclic) bond motifs is 1. The Morgan fingerprint density at radius 1 is 0.973 bits per heavy atom. The van der Waals surface area contributed by atoms with E-state index in [0.29, 0.717) is 11.3 Å². The van der Waals surface area contributed by atoms with Crippen LogP contribution in [-0.4, -0.2) is 52.7 Å². The Kier molecular flexibility index (Phi) is 8.89. The van der Waals surface area contributed by atoms with Gasteiger partial charge in [0.1, 0.15) is 17.7 Å². The van der Waals surface area contributed by atoms with Crippen LogP contribution < -0.4 is 10.6 Å². The molecule has 0 spiro atoms. The molecule has 0 aliphatic rings. The lowest BCUT2D eigenvalue weighted by atomic mass is 9.98. The highest BCUT2D eigenvalue weighted by Gasteiger charge is 2.36. The highest BCUT2D eigenvalue weighted by atomic mass is 16.6. The van der Waals surface area contributed by atoms with Gasteiger partial charge in [0.2, 0.25) is 5.91 Å². The molecule has 0 saturated carbocycles. The molecule has 3 aromatic carbocycles. The molecule has 0 radical (unpaired) electrons. The van der Waals surface area contributed by atoms with Crippen LogP contribution in [-0.2, 0) is 14.3 Å². The summed E-state index contributed by atoms with van der Waals surface area (Å²) < 4.78 is 5.25. The number of likely N-dealkylation sites (N-methyl/N-ethyl adjacent to an activating group) is 1. The number of amides is 3. The number of ether oxygens (including phenoxy) is 1. The first-order valence-electron chi connectivity index (χ1n) is 12.3. The maximum absolute atomic E-state index is 13.7. The summed E-state index contributed by atoms with van der Waals surface area (Å²) >= 11 is 0. The quantitative estimate of drug-likeness (QED) is 0.416. The lowest BCUT2D eigenvalue weighted by Gasteiger charge is -2.34. The number of aliphatic hydroxyl groups is 1. The molecule has 0 aliphatic heterocycles. The Morgan fingerprint density at radius 2 is 1.62 bits per heavy atom. The maximum atomic E-state index is 13.7. The van der Waals surface area contributed by atoms with Gasteiger partial charge < -0.3 is 25.4 Å². The van der Waals surface area contributed by atoms with Crippen molar-refractivity contribution in [3.8, 4) is 0 Å². The number of hydrogen-bond donors (Lipinski definition) is 3. The van der Waals surface area contributed by atoms with Crippen LogP contribution in [0.2, 0.25) is 0 Å². The van der Waals surface area contributed by atoms with Gasteiger partial charge in [-0.25, -0.2) is 4.79 Å². The highest BCUT2D eigenvalue weighted by molar-refractivity contribution is 6.00. The van der Waals surface area contributed by atoms with Crippen molar-refractivity contribution in [2.75, 3.05) is 18.5 Å². The van der Waals surface area contributed by atoms with Gasteiger partial charge in [-0.15, -0.1) is 0 Å². The smallest absolute Gasteiger partial charge is 0.408 e. The van der Waals surface area contributed by atoms with Gasteiger partial charge in [-0.05, 0) is 68.7 Å². The summed E-state index contributed by atoms with van der Waals surface area (Å²) in [5, 5.41) is 17.3. The summed E-state index contributed by atoms with van der Waals surface area (Å²) in [4.78, 5) is 41.0. The standard InChI is InChI=1S/C29H35N3O5/c1-6-32(27(35)24(18-33)31-28(36)37-29(3,4)5)25(23-14-10-7-11-19(23)2)26(34)30-22-16-15-20-12-8-9-13-21(20)17-22/h7-17,24-25,33H,6,18H2,1-5H3,(H,30,34)(H,31,36). The SMILES string of the molecule is CCN(C(=O)C(CO)NC(=O)OC(C)(C)C)C(C(=O)Nc1ccc2ccccc2c1)c1ccccc1C. The van der Waals surface area contributed by atoms with Gasteiger partial charge in [-0.2, -0.15) is 0 Å². The molecule has 37 heavy (non-hydrogen) atoms. The first kappa shape index (κ1) is 27.7. The normalized spacial score (nSPS) is 12.9. The van der Waals surface area contributed by atoms with Crippen molar-refractivity contribution in [1.29, 1.82) is 0 Å². The van der Waals surface area contributed by atoms with Crippen LogP contribution in [0.15, 0.2) is 66.7 Å². The molecule has 0 aromatic heterocycles. The molecule has 3 aromatic rings. The first-order chi connectivity index (χ1) is 17.5. The zero-order valence-corrected chi connectivity index (χ0v) is 21.9. The van der Waals surface area contributed by atoms with E-state index in [-0.39, 0.29) is 6.54 Å². The summed E-state index contributed by atoms with van der Waals surface area (Å²) in [6.07, 6.45) is -0.830. The van der Waals surface area contributed by atoms with E-state index >= 15 is 0 Å². The molecule has 0 aliphatic carbocycles. The summed E-state index contributed by atoms with van der Waals surface area (Å²) in [6.45, 7) is 8.22. The zero-order valence-electron chi connectivity index (χ0n) is 21.9. The molecule has 0 heterocycles. The van der Waals surface area contributed by atoms with Crippen molar-refractivity contribution in [3.63, 3.8) is 0 Å². The van der Waals surface area contributed by atoms with E-state index in [0.717, 1.165) is 16.3 Å². The summed E-state index contributed by atoms with van der Waals surface area (Å²) in [7, 11) is 0. The van der Waals surface area contributed by atoms with Crippen LogP contribution in [0, 0.1) is 6.92 Å². The Balaban J connectivity index is 1.93. The average Bonchev–Trinajstić information content (AvgIpc) is 2.84. The van der Waals surface area contributed by atoms with Crippen LogP contribution in [0.25, 0.3) is 10.8 Å². The zero-order chi connectivity index (χ0) is 27.2. The topological polar surface area (TPSA) is 108 Å². The molecule has 3 amide bonds. The predicted molar refractivity (Wildman–Crippen MR) is 144 cm³/mol. The third-order valence-corrected chi connectivity index (χ3v) is 5.86. The highest BCUT2D eigenvalue weighted by Crippen LogP contribution is 2.27. The molecular weight excluding hydrogens is 470 g/mol. The van der Waals surface area contributed by atoms with Crippen molar-refractivity contribution in [2.24, 2.45) is 0 Å². The van der Waals surface area contributed by atoms with Crippen molar-refractivity contribution >= 4 is 34.4 Å². The number of hydrogen-bond acceptors (Lipinski definition) is 5. The Bertz CT molecular complexity index is 1270. The van der Waals surface area contributed by atoms with Gasteiger partial charge in [0.25, 0.3) is 5.91 Å². The van der Waals surface area contributed by atoms with E-state index < -0.39 is 42.2 Å². The van der Waals surface area contributed by atoms with Crippen molar-refractivity contribution in [3.05, 3.63) is 77.9 Å². The molecular formula is C29H35N3O5. The van der Waals surface area contributed by atoms with Crippen molar-refractivity contribution < 1.29 is 24.2 Å². The Hall–Kier alpha value is -3.91. The van der Waals surface area contributed by atoms with Crippen LogP contribution >= 0.6 is 0 Å². The van der Waals surface area contributed by atoms with Crippen LogP contribution in [0.3, 0.4) is 0 Å². The van der Waals surface area contributed by atoms with Gasteiger partial charge in [0, 0.05) is 12.2 Å². The minimum Gasteiger partial charge on any atom is -0.444 e. The third-order valence-electron chi connectivity index (χ3n) is 5.86. The monoisotopic (exact) mass is 505 g/mol. The lowest BCUT2D eigenvalue weighted by molar-refractivity contribution is -0.141. The molecule has 8 heteroatoms. The molecule has 196 valence electrons. The van der Waals surface area contributed by atoms with Crippen molar-refractivity contribution in [1.82, 2.24) is 10.2 Å². The molecule has 0 bridgehead atoms. The van der Waals surface area contributed by atoms with Gasteiger partial charge in [-0.3, -0.25) is 9.59 Å². The lowest BCUT2D eigenvalue weighted by Crippen LogP contribution is -2.53. The fraction of sp³-hybridized carbons (Fsp3) is 0.345. The van der Waals surface area contributed by atoms with Gasteiger partial charge in [0.15, 0.2) is 0 Å². The minimum absolute atomic E-state index is 0.162. The molecule has 3 rings (SSSR count). The molecule has 0 fully saturated rings. The Morgan fingerprint density at radius 3 is 2.24 bits per heavy atom. The van der Waals surface area contributed by atoms with E-state index in [1.807, 2.05) is 61.5 Å². The molecule has 3 N–H and O–H groups in total. The number of nitrogens with zero attached hydrogens (tertiary/aromatic N) is 1. The van der Waals surface area contributed by atoms with Gasteiger partial charge in [0.05, 0.1) is 6.61 Å².